The minimum atomic E-state index is -0.525. The molecule has 4 heteroatoms. The summed E-state index contributed by atoms with van der Waals surface area (Å²) in [7, 11) is 0. The van der Waals surface area contributed by atoms with Crippen LogP contribution in [0.2, 0.25) is 0 Å². The second-order valence-electron chi connectivity index (χ2n) is 5.38. The molecule has 0 unspecified atom stereocenters. The quantitative estimate of drug-likeness (QED) is 0.542. The molecule has 112 valence electrons. The first-order valence-electron chi connectivity index (χ1n) is 6.68. The molecule has 0 amide bonds. The Kier molecular flexibility index (Phi) is 5.94. The van der Waals surface area contributed by atoms with Gasteiger partial charge in [-0.05, 0) is 41.5 Å². The molecule has 0 aliphatic rings. The average molecular weight is 418 g/mol. The van der Waals surface area contributed by atoms with Gasteiger partial charge in [0.1, 0.15) is 11.6 Å². The van der Waals surface area contributed by atoms with Crippen LogP contribution in [-0.2, 0) is 12.8 Å². The number of alkyl halides is 2. The summed E-state index contributed by atoms with van der Waals surface area (Å²) in [5.74, 6) is -1.05. The Morgan fingerprint density at radius 3 is 1.81 bits per heavy atom. The second-order valence-corrected chi connectivity index (χ2v) is 6.51. The van der Waals surface area contributed by atoms with E-state index in [1.807, 2.05) is 18.2 Å². The van der Waals surface area contributed by atoms with E-state index in [-0.39, 0.29) is 5.41 Å². The fourth-order valence-electron chi connectivity index (χ4n) is 2.46. The molecule has 2 aromatic rings. The van der Waals surface area contributed by atoms with Crippen molar-refractivity contribution in [1.29, 1.82) is 0 Å². The molecule has 0 radical (unpaired) electrons. The molecule has 0 aromatic heterocycles. The van der Waals surface area contributed by atoms with Crippen molar-refractivity contribution in [1.82, 2.24) is 0 Å². The smallest absolute Gasteiger partial charge is 0.126 e. The summed E-state index contributed by atoms with van der Waals surface area (Å²) in [6, 6.07) is 13.9. The Bertz CT molecular complexity index is 560. The molecule has 0 atom stereocenters. The van der Waals surface area contributed by atoms with Gasteiger partial charge in [0.05, 0.1) is 0 Å². The van der Waals surface area contributed by atoms with E-state index in [1.165, 1.54) is 17.7 Å². The zero-order valence-corrected chi connectivity index (χ0v) is 14.6. The second kappa shape index (κ2) is 7.50. The minimum Gasteiger partial charge on any atom is -0.207 e. The normalized spacial score (nSPS) is 11.6. The maximum Gasteiger partial charge on any atom is 0.126 e. The highest BCUT2D eigenvalue weighted by Crippen LogP contribution is 2.32. The van der Waals surface area contributed by atoms with Gasteiger partial charge in [-0.15, -0.1) is 0 Å². The van der Waals surface area contributed by atoms with Gasteiger partial charge in [0.2, 0.25) is 0 Å². The molecular weight excluding hydrogens is 402 g/mol. The molecule has 0 aliphatic heterocycles. The molecule has 21 heavy (non-hydrogen) atoms. The van der Waals surface area contributed by atoms with E-state index in [1.54, 1.807) is 0 Å². The minimum absolute atomic E-state index is 0.123. The number of hydrogen-bond donors (Lipinski definition) is 0. The third-order valence-electron chi connectivity index (χ3n) is 3.49. The van der Waals surface area contributed by atoms with E-state index in [4.69, 9.17) is 0 Å². The summed E-state index contributed by atoms with van der Waals surface area (Å²) in [5.41, 5.74) is 1.78. The molecule has 0 fully saturated rings. The van der Waals surface area contributed by atoms with Crippen LogP contribution in [0, 0.1) is 17.0 Å². The van der Waals surface area contributed by atoms with E-state index in [9.17, 15) is 8.78 Å². The Morgan fingerprint density at radius 2 is 1.29 bits per heavy atom. The van der Waals surface area contributed by atoms with Crippen LogP contribution in [0.5, 0.6) is 0 Å². The van der Waals surface area contributed by atoms with Crippen LogP contribution < -0.4 is 0 Å². The molecule has 0 nitrogen and oxygen atoms in total. The highest BCUT2D eigenvalue weighted by molar-refractivity contribution is 9.09. The molecule has 2 rings (SSSR count). The van der Waals surface area contributed by atoms with E-state index < -0.39 is 11.6 Å². The topological polar surface area (TPSA) is 0 Å². The summed E-state index contributed by atoms with van der Waals surface area (Å²) >= 11 is 7.14. The first kappa shape index (κ1) is 16.6. The van der Waals surface area contributed by atoms with Crippen molar-refractivity contribution in [3.05, 3.63) is 71.3 Å². The fourth-order valence-corrected chi connectivity index (χ4v) is 4.18. The SMILES string of the molecule is Fc1cc(F)cc(CC(CBr)(CBr)Cc2ccccc2)c1. The van der Waals surface area contributed by atoms with Crippen LogP contribution in [0.3, 0.4) is 0 Å². The van der Waals surface area contributed by atoms with Crippen molar-refractivity contribution in [3.63, 3.8) is 0 Å². The Balaban J connectivity index is 2.25. The predicted octanol–water partition coefficient (Wildman–Crippen LogP) is 5.53. The van der Waals surface area contributed by atoms with Crippen LogP contribution in [0.1, 0.15) is 11.1 Å². The van der Waals surface area contributed by atoms with Crippen molar-refractivity contribution in [2.75, 3.05) is 10.7 Å². The number of benzene rings is 2. The monoisotopic (exact) mass is 416 g/mol. The van der Waals surface area contributed by atoms with Gasteiger partial charge >= 0.3 is 0 Å². The van der Waals surface area contributed by atoms with Crippen LogP contribution >= 0.6 is 31.9 Å². The number of hydrogen-bond acceptors (Lipinski definition) is 0. The lowest BCUT2D eigenvalue weighted by atomic mass is 9.80. The van der Waals surface area contributed by atoms with Crippen molar-refractivity contribution in [3.8, 4) is 0 Å². The van der Waals surface area contributed by atoms with Crippen LogP contribution in [0.15, 0.2) is 48.5 Å². The highest BCUT2D eigenvalue weighted by Gasteiger charge is 2.29. The first-order chi connectivity index (χ1) is 10.1. The van der Waals surface area contributed by atoms with Gasteiger partial charge in [-0.25, -0.2) is 8.78 Å². The molecular formula is C17H16Br2F2. The molecule has 0 spiro atoms. The van der Waals surface area contributed by atoms with E-state index in [0.717, 1.165) is 23.1 Å². The first-order valence-corrected chi connectivity index (χ1v) is 8.92. The third kappa shape index (κ3) is 4.62. The zero-order valence-electron chi connectivity index (χ0n) is 11.5. The third-order valence-corrected chi connectivity index (χ3v) is 5.87. The summed E-state index contributed by atoms with van der Waals surface area (Å²) in [6.07, 6.45) is 1.44. The van der Waals surface area contributed by atoms with Gasteiger partial charge in [0.15, 0.2) is 0 Å². The van der Waals surface area contributed by atoms with Crippen molar-refractivity contribution in [2.45, 2.75) is 12.8 Å². The predicted molar refractivity (Wildman–Crippen MR) is 90.2 cm³/mol. The molecule has 0 saturated carbocycles. The average Bonchev–Trinajstić information content (AvgIpc) is 2.46. The number of rotatable bonds is 6. The summed E-state index contributed by atoms with van der Waals surface area (Å²) in [5, 5.41) is 1.50. The summed E-state index contributed by atoms with van der Waals surface area (Å²) in [4.78, 5) is 0. The Hall–Kier alpha value is -0.740. The fraction of sp³-hybridized carbons (Fsp3) is 0.294. The standard InChI is InChI=1S/C17H16Br2F2/c18-11-17(12-19,9-13-4-2-1-3-5-13)10-14-6-15(20)8-16(21)7-14/h1-8H,9-12H2. The summed E-state index contributed by atoms with van der Waals surface area (Å²) in [6.45, 7) is 0. The highest BCUT2D eigenvalue weighted by atomic mass is 79.9. The van der Waals surface area contributed by atoms with Crippen LogP contribution in [0.4, 0.5) is 8.78 Å². The van der Waals surface area contributed by atoms with E-state index in [2.05, 4.69) is 44.0 Å². The Morgan fingerprint density at radius 1 is 0.762 bits per heavy atom. The van der Waals surface area contributed by atoms with Crippen LogP contribution in [0.25, 0.3) is 0 Å². The Labute approximate surface area is 140 Å². The summed E-state index contributed by atoms with van der Waals surface area (Å²) < 4.78 is 26.7. The lowest BCUT2D eigenvalue weighted by molar-refractivity contribution is 0.384. The largest absolute Gasteiger partial charge is 0.207 e. The maximum atomic E-state index is 13.4. The molecule has 2 aromatic carbocycles. The molecule has 0 aliphatic carbocycles. The van der Waals surface area contributed by atoms with Gasteiger partial charge < -0.3 is 0 Å². The lowest BCUT2D eigenvalue weighted by Gasteiger charge is -2.30. The van der Waals surface area contributed by atoms with E-state index >= 15 is 0 Å². The van der Waals surface area contributed by atoms with E-state index in [0.29, 0.717) is 12.0 Å². The van der Waals surface area contributed by atoms with Gasteiger partial charge in [0, 0.05) is 16.7 Å². The van der Waals surface area contributed by atoms with Crippen molar-refractivity contribution < 1.29 is 8.78 Å². The molecule has 0 heterocycles. The zero-order chi connectivity index (χ0) is 15.3. The molecule has 0 N–H and O–H groups in total. The lowest BCUT2D eigenvalue weighted by Crippen LogP contribution is -2.30. The van der Waals surface area contributed by atoms with Crippen molar-refractivity contribution >= 4 is 31.9 Å². The van der Waals surface area contributed by atoms with Crippen LogP contribution in [-0.4, -0.2) is 10.7 Å². The van der Waals surface area contributed by atoms with Gasteiger partial charge in [-0.2, -0.15) is 0 Å². The molecule has 0 saturated heterocycles. The van der Waals surface area contributed by atoms with Crippen molar-refractivity contribution in [2.24, 2.45) is 5.41 Å². The van der Waals surface area contributed by atoms with Gasteiger partial charge in [-0.1, -0.05) is 62.2 Å². The van der Waals surface area contributed by atoms with Gasteiger partial charge in [0.25, 0.3) is 0 Å². The number of halogens is 4. The maximum absolute atomic E-state index is 13.4. The molecule has 0 bridgehead atoms. The van der Waals surface area contributed by atoms with Gasteiger partial charge in [-0.3, -0.25) is 0 Å².